The number of hydrogen-bond acceptors (Lipinski definition) is 9. The molecule has 4 aromatic rings. The number of carbonyl (C=O) groups is 3. The third-order valence-corrected chi connectivity index (χ3v) is 6.78. The first-order valence-corrected chi connectivity index (χ1v) is 14.4. The van der Waals surface area contributed by atoms with Crippen LogP contribution in [0.3, 0.4) is 0 Å². The van der Waals surface area contributed by atoms with E-state index in [4.69, 9.17) is 14.6 Å². The first-order chi connectivity index (χ1) is 22.1. The van der Waals surface area contributed by atoms with Gasteiger partial charge in [-0.3, -0.25) is 9.88 Å². The first-order valence-electron chi connectivity index (χ1n) is 14.4. The van der Waals surface area contributed by atoms with E-state index < -0.39 is 29.8 Å². The minimum absolute atomic E-state index is 0.00712. The number of nitrogens with zero attached hydrogens (tertiary/aromatic N) is 3. The Hall–Kier alpha value is -5.82. The SMILES string of the molecule is CC(=O)[O-].Cc1cn(C[C@H](NC(=O)OCc2ccccc2)C(=O)O)c(=O)nc1NCCc1ccc(C2=Nc3ccccc3[NH2+]2)cc1. The highest BCUT2D eigenvalue weighted by Gasteiger charge is 2.23. The van der Waals surface area contributed by atoms with Crippen LogP contribution in [0.2, 0.25) is 0 Å². The number of aliphatic carboxylic acids is 2. The van der Waals surface area contributed by atoms with Gasteiger partial charge in [0.25, 0.3) is 0 Å². The van der Waals surface area contributed by atoms with Gasteiger partial charge in [0, 0.05) is 30.3 Å². The second-order valence-electron chi connectivity index (χ2n) is 10.4. The summed E-state index contributed by atoms with van der Waals surface area (Å²) >= 11 is 0. The Balaban J connectivity index is 0.00000113. The van der Waals surface area contributed by atoms with E-state index in [2.05, 4.69) is 38.1 Å². The summed E-state index contributed by atoms with van der Waals surface area (Å²) in [6.07, 6.45) is 1.34. The second kappa shape index (κ2) is 15.8. The van der Waals surface area contributed by atoms with Gasteiger partial charge in [-0.05, 0) is 49.6 Å². The van der Waals surface area contributed by atoms with Crippen molar-refractivity contribution in [1.29, 1.82) is 0 Å². The number of carboxylic acids is 2. The number of para-hydroxylation sites is 2. The molecule has 0 saturated heterocycles. The number of nitrogens with one attached hydrogen (secondary N) is 2. The summed E-state index contributed by atoms with van der Waals surface area (Å²) in [6, 6.07) is 23.9. The van der Waals surface area contributed by atoms with E-state index >= 15 is 0 Å². The van der Waals surface area contributed by atoms with Crippen LogP contribution in [0.25, 0.3) is 0 Å². The number of aryl methyl sites for hydroxylation is 1. The van der Waals surface area contributed by atoms with Gasteiger partial charge in [0.15, 0.2) is 5.69 Å². The van der Waals surface area contributed by atoms with E-state index in [1.54, 1.807) is 31.2 Å². The molecule has 1 atom stereocenters. The van der Waals surface area contributed by atoms with Crippen molar-refractivity contribution in [1.82, 2.24) is 14.9 Å². The van der Waals surface area contributed by atoms with Crippen LogP contribution < -0.4 is 26.7 Å². The molecule has 13 nitrogen and oxygen atoms in total. The molecule has 0 spiro atoms. The van der Waals surface area contributed by atoms with Crippen molar-refractivity contribution < 1.29 is 34.7 Å². The summed E-state index contributed by atoms with van der Waals surface area (Å²) in [5.41, 5.74) is 5.04. The van der Waals surface area contributed by atoms with E-state index in [0.717, 1.165) is 45.4 Å². The molecule has 1 aromatic heterocycles. The molecule has 5 rings (SSSR count). The van der Waals surface area contributed by atoms with Gasteiger partial charge in [0.05, 0.1) is 12.1 Å². The zero-order chi connectivity index (χ0) is 33.1. The van der Waals surface area contributed by atoms with E-state index in [9.17, 15) is 19.5 Å². The molecule has 1 aliphatic heterocycles. The summed E-state index contributed by atoms with van der Waals surface area (Å²) in [5.74, 6) is -1.03. The largest absolute Gasteiger partial charge is 0.550 e. The van der Waals surface area contributed by atoms with E-state index in [-0.39, 0.29) is 13.2 Å². The maximum Gasteiger partial charge on any atom is 0.408 e. The number of carbonyl (C=O) groups excluding carboxylic acids is 2. The van der Waals surface area contributed by atoms with Gasteiger partial charge in [-0.25, -0.2) is 14.4 Å². The number of aromatic nitrogens is 2. The Bertz CT molecular complexity index is 1770. The standard InChI is InChI=1S/C31H30N6O5.C2H4O2/c1-20-17-37(18-26(29(38)39)35-31(41)42-19-22-7-3-2-4-8-22)30(40)36-27(20)32-16-15-21-11-13-23(14-12-21)28-33-24-9-5-6-10-25(24)34-28;1-2(3)4/h2-14,17,26H,15-16,18-19H2,1H3,(H,33,34)(H,35,41)(H,38,39)(H,32,36,40);1H3,(H,3,4)/t26-;/m0./s1. The molecular weight excluding hydrogens is 592 g/mol. The predicted octanol–water partition coefficient (Wildman–Crippen LogP) is 1.63. The number of quaternary nitrogens is 1. The highest BCUT2D eigenvalue weighted by Crippen LogP contribution is 2.24. The van der Waals surface area contributed by atoms with Crippen LogP contribution >= 0.6 is 0 Å². The molecule has 46 heavy (non-hydrogen) atoms. The van der Waals surface area contributed by atoms with Crippen LogP contribution in [0.5, 0.6) is 0 Å². The topological polar surface area (TPSA) is 192 Å². The van der Waals surface area contributed by atoms with Gasteiger partial charge < -0.3 is 30.4 Å². The lowest BCUT2D eigenvalue weighted by atomic mass is 10.1. The minimum Gasteiger partial charge on any atom is -0.550 e. The van der Waals surface area contributed by atoms with E-state index in [0.29, 0.717) is 24.3 Å². The van der Waals surface area contributed by atoms with Gasteiger partial charge in [0.1, 0.15) is 24.2 Å². The number of rotatable bonds is 11. The number of benzene rings is 3. The van der Waals surface area contributed by atoms with Crippen LogP contribution in [0.1, 0.15) is 29.2 Å². The number of ether oxygens (including phenoxy) is 1. The van der Waals surface area contributed by atoms with E-state index in [1.807, 2.05) is 42.5 Å². The molecule has 1 amide bonds. The molecule has 0 fully saturated rings. The zero-order valence-electron chi connectivity index (χ0n) is 25.3. The number of carboxylic acid groups (broad SMARTS) is 2. The number of amides is 1. The van der Waals surface area contributed by atoms with Gasteiger partial charge in [-0.1, -0.05) is 54.6 Å². The molecule has 5 N–H and O–H groups in total. The first kappa shape index (κ1) is 33.1. The Labute approximate surface area is 264 Å². The number of aliphatic imine (C=N–C) groups is 1. The molecule has 0 saturated carbocycles. The van der Waals surface area contributed by atoms with Gasteiger partial charge >= 0.3 is 17.8 Å². The van der Waals surface area contributed by atoms with Crippen LogP contribution in [0.4, 0.5) is 22.0 Å². The number of anilines is 1. The Morgan fingerprint density at radius 3 is 2.35 bits per heavy atom. The molecule has 2 heterocycles. The molecule has 0 unspecified atom stereocenters. The van der Waals surface area contributed by atoms with Gasteiger partial charge in [0.2, 0.25) is 5.84 Å². The summed E-state index contributed by atoms with van der Waals surface area (Å²) in [5, 5.41) is 26.1. The van der Waals surface area contributed by atoms with Crippen molar-refractivity contribution in [3.05, 3.63) is 118 Å². The maximum absolute atomic E-state index is 12.7. The van der Waals surface area contributed by atoms with Crippen molar-refractivity contribution in [2.75, 3.05) is 11.9 Å². The van der Waals surface area contributed by atoms with Crippen molar-refractivity contribution >= 4 is 41.1 Å². The van der Waals surface area contributed by atoms with E-state index in [1.165, 1.54) is 6.20 Å². The fourth-order valence-corrected chi connectivity index (χ4v) is 4.53. The normalized spacial score (nSPS) is 12.1. The van der Waals surface area contributed by atoms with Crippen LogP contribution in [-0.4, -0.2) is 51.1 Å². The number of hydrogen-bond donors (Lipinski definition) is 4. The quantitative estimate of drug-likeness (QED) is 0.179. The summed E-state index contributed by atoms with van der Waals surface area (Å²) in [7, 11) is 0. The number of fused-ring (bicyclic) bond motifs is 1. The Morgan fingerprint density at radius 2 is 1.67 bits per heavy atom. The van der Waals surface area contributed by atoms with Crippen LogP contribution in [0, 0.1) is 6.92 Å². The average Bonchev–Trinajstić information content (AvgIpc) is 3.47. The average molecular weight is 627 g/mol. The minimum atomic E-state index is -1.38. The summed E-state index contributed by atoms with van der Waals surface area (Å²) in [4.78, 5) is 54.3. The Kier molecular flexibility index (Phi) is 11.3. The lowest BCUT2D eigenvalue weighted by Gasteiger charge is -2.17. The van der Waals surface area contributed by atoms with Crippen LogP contribution in [0.15, 0.2) is 94.8 Å². The van der Waals surface area contributed by atoms with Crippen molar-refractivity contribution in [2.24, 2.45) is 4.99 Å². The smallest absolute Gasteiger partial charge is 0.408 e. The molecule has 0 aliphatic carbocycles. The highest BCUT2D eigenvalue weighted by molar-refractivity contribution is 5.97. The molecule has 13 heteroatoms. The molecule has 0 radical (unpaired) electrons. The van der Waals surface area contributed by atoms with Crippen molar-refractivity contribution in [2.45, 2.75) is 39.5 Å². The van der Waals surface area contributed by atoms with Crippen molar-refractivity contribution in [3.63, 3.8) is 0 Å². The molecule has 238 valence electrons. The monoisotopic (exact) mass is 626 g/mol. The fraction of sp³-hybridized carbons (Fsp3) is 0.212. The zero-order valence-corrected chi connectivity index (χ0v) is 25.3. The second-order valence-corrected chi connectivity index (χ2v) is 10.4. The Morgan fingerprint density at radius 1 is 1.00 bits per heavy atom. The summed E-state index contributed by atoms with van der Waals surface area (Å²) < 4.78 is 6.28. The molecule has 1 aliphatic rings. The van der Waals surface area contributed by atoms with Crippen molar-refractivity contribution in [3.8, 4) is 0 Å². The molecule has 3 aromatic carbocycles. The fourth-order valence-electron chi connectivity index (χ4n) is 4.53. The number of nitrogens with two attached hydrogens (primary N) is 1. The van der Waals surface area contributed by atoms with Gasteiger partial charge in [-0.15, -0.1) is 0 Å². The highest BCUT2D eigenvalue weighted by atomic mass is 16.5. The van der Waals surface area contributed by atoms with Crippen LogP contribution in [-0.2, 0) is 33.9 Å². The predicted molar refractivity (Wildman–Crippen MR) is 168 cm³/mol. The lowest BCUT2D eigenvalue weighted by molar-refractivity contribution is -0.437. The third kappa shape index (κ3) is 9.59. The lowest BCUT2D eigenvalue weighted by Crippen LogP contribution is -2.80. The number of alkyl carbamates (subject to hydrolysis) is 1. The molecular formula is C33H34N6O7. The number of amidine groups is 1. The maximum atomic E-state index is 12.7. The third-order valence-electron chi connectivity index (χ3n) is 6.78. The molecule has 0 bridgehead atoms. The van der Waals surface area contributed by atoms with Gasteiger partial charge in [-0.2, -0.15) is 9.98 Å². The summed E-state index contributed by atoms with van der Waals surface area (Å²) in [6.45, 7) is 2.98.